The summed E-state index contributed by atoms with van der Waals surface area (Å²) in [5.41, 5.74) is -0.0596. The number of carbonyl (C=O) groups excluding carboxylic acids is 1. The third-order valence-electron chi connectivity index (χ3n) is 2.98. The topological polar surface area (TPSA) is 85.2 Å². The lowest BCUT2D eigenvalue weighted by Crippen LogP contribution is -2.23. The number of nitroso groups, excluding NO2 is 2. The molecule has 0 aromatic carbocycles. The number of hydrogen-bond acceptors (Lipinski definition) is 8. The second-order valence-electron chi connectivity index (χ2n) is 5.83. The van der Waals surface area contributed by atoms with Gasteiger partial charge < -0.3 is 4.74 Å². The predicted octanol–water partition coefficient (Wildman–Crippen LogP) is 5.05. The summed E-state index contributed by atoms with van der Waals surface area (Å²) in [5, 5.41) is -0.0466. The number of allylic oxidation sites excluding steroid dienone is 2. The number of nitrogens with zero attached hydrogens (tertiary/aromatic N) is 2. The van der Waals surface area contributed by atoms with Crippen LogP contribution in [0, 0.1) is 15.2 Å². The molecule has 0 bridgehead atoms. The highest BCUT2D eigenvalue weighted by Gasteiger charge is 2.26. The molecule has 0 aromatic rings. The molecule has 0 rings (SSSR count). The van der Waals surface area contributed by atoms with E-state index in [1.54, 1.807) is 25.2 Å². The summed E-state index contributed by atoms with van der Waals surface area (Å²) >= 11 is 1.96. The van der Waals surface area contributed by atoms with Crippen molar-refractivity contribution >= 4 is 29.9 Å². The molecule has 130 valence electrons. The summed E-state index contributed by atoms with van der Waals surface area (Å²) in [7, 11) is 0. The second kappa shape index (κ2) is 12.3. The lowest BCUT2D eigenvalue weighted by molar-refractivity contribution is -0.137. The zero-order chi connectivity index (χ0) is 17.7. The Hall–Kier alpha value is -1.15. The fraction of sp³-hybridized carbons (Fsp3) is 0.667. The molecule has 2 unspecified atom stereocenters. The van der Waals surface area contributed by atoms with Crippen molar-refractivity contribution in [1.29, 1.82) is 0 Å². The first-order valence-corrected chi connectivity index (χ1v) is 9.01. The second-order valence-corrected chi connectivity index (χ2v) is 7.72. The fourth-order valence-corrected chi connectivity index (χ4v) is 2.94. The van der Waals surface area contributed by atoms with Gasteiger partial charge >= 0.3 is 5.97 Å². The molecule has 0 aliphatic heterocycles. The SMILES string of the molecule is CCOC(=O)/C=C/C=C/C(CCC(SN=O)C(C)(C)C)SN=O. The van der Waals surface area contributed by atoms with E-state index >= 15 is 0 Å². The van der Waals surface area contributed by atoms with Crippen LogP contribution in [0.25, 0.3) is 0 Å². The van der Waals surface area contributed by atoms with Crippen molar-refractivity contribution in [2.75, 3.05) is 6.61 Å². The predicted molar refractivity (Wildman–Crippen MR) is 98.0 cm³/mol. The molecule has 23 heavy (non-hydrogen) atoms. The van der Waals surface area contributed by atoms with E-state index in [0.717, 1.165) is 30.3 Å². The van der Waals surface area contributed by atoms with Gasteiger partial charge in [-0.05, 0) is 25.2 Å². The van der Waals surface area contributed by atoms with Crippen LogP contribution in [-0.4, -0.2) is 23.1 Å². The van der Waals surface area contributed by atoms with Crippen molar-refractivity contribution in [1.82, 2.24) is 0 Å². The zero-order valence-corrected chi connectivity index (χ0v) is 15.6. The average molecular weight is 361 g/mol. The van der Waals surface area contributed by atoms with E-state index < -0.39 is 5.97 Å². The van der Waals surface area contributed by atoms with Crippen LogP contribution in [0.15, 0.2) is 33.5 Å². The van der Waals surface area contributed by atoms with Crippen LogP contribution in [0.3, 0.4) is 0 Å². The molecule has 0 amide bonds. The van der Waals surface area contributed by atoms with Gasteiger partial charge in [-0.3, -0.25) is 0 Å². The van der Waals surface area contributed by atoms with Crippen molar-refractivity contribution in [3.63, 3.8) is 0 Å². The van der Waals surface area contributed by atoms with Crippen LogP contribution < -0.4 is 0 Å². The maximum absolute atomic E-state index is 11.2. The first-order chi connectivity index (χ1) is 10.8. The van der Waals surface area contributed by atoms with E-state index in [0.29, 0.717) is 13.0 Å². The summed E-state index contributed by atoms with van der Waals surface area (Å²) in [6.45, 7) is 8.22. The van der Waals surface area contributed by atoms with Gasteiger partial charge in [0, 0.05) is 49.6 Å². The molecule has 8 heteroatoms. The summed E-state index contributed by atoms with van der Waals surface area (Å²) in [6.07, 6.45) is 7.81. The maximum Gasteiger partial charge on any atom is 0.330 e. The van der Waals surface area contributed by atoms with E-state index in [2.05, 4.69) is 9.16 Å². The summed E-state index contributed by atoms with van der Waals surface area (Å²) < 4.78 is 10.6. The Labute approximate surface area is 146 Å². The van der Waals surface area contributed by atoms with Crippen LogP contribution in [0.4, 0.5) is 0 Å². The van der Waals surface area contributed by atoms with Gasteiger partial charge in [-0.1, -0.05) is 39.0 Å². The van der Waals surface area contributed by atoms with Gasteiger partial charge in [0.1, 0.15) is 0 Å². The van der Waals surface area contributed by atoms with Gasteiger partial charge in [-0.25, -0.2) is 4.79 Å². The van der Waals surface area contributed by atoms with Crippen molar-refractivity contribution in [2.24, 2.45) is 14.6 Å². The molecular weight excluding hydrogens is 336 g/mol. The van der Waals surface area contributed by atoms with E-state index in [4.69, 9.17) is 4.74 Å². The Bertz CT molecular complexity index is 434. The first-order valence-electron chi connectivity index (χ1n) is 7.33. The Morgan fingerprint density at radius 3 is 2.30 bits per heavy atom. The number of hydrogen-bond donors (Lipinski definition) is 0. The van der Waals surface area contributed by atoms with Crippen molar-refractivity contribution < 1.29 is 9.53 Å². The summed E-state index contributed by atoms with van der Waals surface area (Å²) in [6, 6.07) is 0. The van der Waals surface area contributed by atoms with E-state index in [1.807, 2.05) is 20.8 Å². The highest BCUT2D eigenvalue weighted by atomic mass is 32.2. The maximum atomic E-state index is 11.2. The summed E-state index contributed by atoms with van der Waals surface area (Å²) in [4.78, 5) is 32.2. The lowest BCUT2D eigenvalue weighted by atomic mass is 9.88. The Balaban J connectivity index is 4.58. The number of carbonyl (C=O) groups is 1. The highest BCUT2D eigenvalue weighted by molar-refractivity contribution is 7.98. The molecule has 0 saturated heterocycles. The van der Waals surface area contributed by atoms with Gasteiger partial charge in [0.05, 0.1) is 6.61 Å². The molecule has 0 heterocycles. The van der Waals surface area contributed by atoms with Gasteiger partial charge in [-0.15, -0.1) is 9.81 Å². The zero-order valence-electron chi connectivity index (χ0n) is 13.9. The number of rotatable bonds is 11. The van der Waals surface area contributed by atoms with E-state index in [9.17, 15) is 14.6 Å². The summed E-state index contributed by atoms with van der Waals surface area (Å²) in [5.74, 6) is -0.406. The van der Waals surface area contributed by atoms with Crippen LogP contribution in [0.5, 0.6) is 0 Å². The molecule has 0 aliphatic carbocycles. The van der Waals surface area contributed by atoms with E-state index in [-0.39, 0.29) is 15.9 Å². The minimum atomic E-state index is -0.406. The Kier molecular flexibility index (Phi) is 11.7. The van der Waals surface area contributed by atoms with Crippen molar-refractivity contribution in [3.05, 3.63) is 34.1 Å². The molecule has 0 aliphatic rings. The standard InChI is InChI=1S/C15H24N2O4S2/c1-5-21-14(18)9-7-6-8-12(22-16-19)10-11-13(23-17-20)15(2,3)4/h6-9,12-13H,5,10-11H2,1-4H3/b8-6+,9-7+. The third kappa shape index (κ3) is 11.1. The quantitative estimate of drug-likeness (QED) is 0.168. The smallest absolute Gasteiger partial charge is 0.330 e. The van der Waals surface area contributed by atoms with Crippen molar-refractivity contribution in [2.45, 2.75) is 51.0 Å². The molecular formula is C15H24N2O4S2. The van der Waals surface area contributed by atoms with Crippen LogP contribution >= 0.6 is 23.9 Å². The molecule has 0 aromatic heterocycles. The van der Waals surface area contributed by atoms with Gasteiger partial charge in [-0.2, -0.15) is 0 Å². The molecule has 0 spiro atoms. The fourth-order valence-electron chi connectivity index (χ4n) is 1.76. The molecule has 0 radical (unpaired) electrons. The average Bonchev–Trinajstić information content (AvgIpc) is 2.46. The number of esters is 1. The van der Waals surface area contributed by atoms with Crippen molar-refractivity contribution in [3.8, 4) is 0 Å². The molecule has 6 nitrogen and oxygen atoms in total. The van der Waals surface area contributed by atoms with Crippen LogP contribution in [0.1, 0.15) is 40.5 Å². The molecule has 0 N–H and O–H groups in total. The molecule has 0 fully saturated rings. The lowest BCUT2D eigenvalue weighted by Gasteiger charge is -2.27. The largest absolute Gasteiger partial charge is 0.463 e. The third-order valence-corrected chi connectivity index (χ3v) is 5.02. The molecule has 0 saturated carbocycles. The first kappa shape index (κ1) is 21.9. The van der Waals surface area contributed by atoms with Gasteiger partial charge in [0.2, 0.25) is 0 Å². The monoisotopic (exact) mass is 360 g/mol. The Morgan fingerprint density at radius 1 is 1.13 bits per heavy atom. The van der Waals surface area contributed by atoms with Gasteiger partial charge in [0.15, 0.2) is 0 Å². The normalized spacial score (nSPS) is 14.8. The molecule has 2 atom stereocenters. The minimum absolute atomic E-state index is 0.0596. The van der Waals surface area contributed by atoms with Crippen LogP contribution in [0.2, 0.25) is 0 Å². The Morgan fingerprint density at radius 2 is 1.78 bits per heavy atom. The minimum Gasteiger partial charge on any atom is -0.463 e. The van der Waals surface area contributed by atoms with Gasteiger partial charge in [0.25, 0.3) is 0 Å². The number of ether oxygens (including phenoxy) is 1. The van der Waals surface area contributed by atoms with Crippen LogP contribution in [-0.2, 0) is 9.53 Å². The highest BCUT2D eigenvalue weighted by Crippen LogP contribution is 2.35. The van der Waals surface area contributed by atoms with E-state index in [1.165, 1.54) is 6.08 Å².